The lowest BCUT2D eigenvalue weighted by Crippen LogP contribution is -2.15. The van der Waals surface area contributed by atoms with Gasteiger partial charge in [0.05, 0.1) is 25.4 Å². The molecule has 0 aliphatic rings. The van der Waals surface area contributed by atoms with E-state index in [0.717, 1.165) is 25.7 Å². The standard InChI is InChI=1S/C22H42O4.C12H22O4/c1-5-9-13-19(7-3)17-25-21(23)15-11-12-16-22(24)26-18-20(8-4)14-10-6-2;1-9(2)15-11(13)7-5-6-8-12(14)16-10(3)4/h19-20H,5-18H2,1-4H3;9-10H,5-8H2,1-4H3. The van der Waals surface area contributed by atoms with Crippen LogP contribution in [0.25, 0.3) is 0 Å². The number of rotatable bonds is 24. The number of carbonyl (C=O) groups is 4. The largest absolute Gasteiger partial charge is 0.465 e. The topological polar surface area (TPSA) is 105 Å². The van der Waals surface area contributed by atoms with E-state index in [-0.39, 0.29) is 36.1 Å². The van der Waals surface area contributed by atoms with Crippen LogP contribution < -0.4 is 0 Å². The fourth-order valence-corrected chi connectivity index (χ4v) is 4.08. The average Bonchev–Trinajstić information content (AvgIpc) is 2.93. The number of unbranched alkanes of at least 4 members (excludes halogenated alkanes) is 4. The first kappa shape index (κ1) is 42.0. The Hall–Kier alpha value is -2.12. The summed E-state index contributed by atoms with van der Waals surface area (Å²) in [7, 11) is 0. The van der Waals surface area contributed by atoms with Crippen molar-refractivity contribution in [1.82, 2.24) is 0 Å². The number of ether oxygens (including phenoxy) is 4. The molecular weight excluding hydrogens is 536 g/mol. The maximum absolute atomic E-state index is 11.8. The van der Waals surface area contributed by atoms with E-state index in [1.807, 2.05) is 27.7 Å². The molecule has 2 atom stereocenters. The monoisotopic (exact) mass is 600 g/mol. The van der Waals surface area contributed by atoms with Crippen LogP contribution in [0.15, 0.2) is 0 Å². The van der Waals surface area contributed by atoms with E-state index in [9.17, 15) is 19.2 Å². The number of esters is 4. The smallest absolute Gasteiger partial charge is 0.306 e. The minimum atomic E-state index is -0.202. The molecule has 0 bridgehead atoms. The van der Waals surface area contributed by atoms with Crippen LogP contribution in [0.4, 0.5) is 0 Å². The van der Waals surface area contributed by atoms with Crippen LogP contribution in [0.5, 0.6) is 0 Å². The zero-order valence-electron chi connectivity index (χ0n) is 28.3. The normalized spacial score (nSPS) is 12.2. The van der Waals surface area contributed by atoms with Crippen molar-refractivity contribution in [3.8, 4) is 0 Å². The molecule has 0 fully saturated rings. The maximum Gasteiger partial charge on any atom is 0.306 e. The molecule has 0 aromatic carbocycles. The van der Waals surface area contributed by atoms with Gasteiger partial charge in [0.15, 0.2) is 0 Å². The van der Waals surface area contributed by atoms with Gasteiger partial charge in [-0.05, 0) is 78.1 Å². The van der Waals surface area contributed by atoms with Crippen molar-refractivity contribution in [3.63, 3.8) is 0 Å². The average molecular weight is 601 g/mol. The Morgan fingerprint density at radius 2 is 0.786 bits per heavy atom. The van der Waals surface area contributed by atoms with Crippen molar-refractivity contribution < 1.29 is 38.1 Å². The van der Waals surface area contributed by atoms with Gasteiger partial charge in [0.2, 0.25) is 0 Å². The first-order valence-electron chi connectivity index (χ1n) is 16.7. The number of hydrogen-bond donors (Lipinski definition) is 0. The first-order valence-corrected chi connectivity index (χ1v) is 16.7. The quantitative estimate of drug-likeness (QED) is 0.0617. The molecule has 248 valence electrons. The van der Waals surface area contributed by atoms with Crippen LogP contribution in [0.3, 0.4) is 0 Å². The van der Waals surface area contributed by atoms with E-state index in [1.165, 1.54) is 25.7 Å². The highest BCUT2D eigenvalue weighted by molar-refractivity contribution is 5.71. The lowest BCUT2D eigenvalue weighted by Gasteiger charge is -2.15. The molecule has 0 saturated carbocycles. The summed E-state index contributed by atoms with van der Waals surface area (Å²) >= 11 is 0. The molecule has 0 aromatic heterocycles. The second-order valence-corrected chi connectivity index (χ2v) is 11.7. The van der Waals surface area contributed by atoms with E-state index in [4.69, 9.17) is 18.9 Å². The van der Waals surface area contributed by atoms with Crippen LogP contribution in [0, 0.1) is 11.8 Å². The van der Waals surface area contributed by atoms with Crippen LogP contribution in [-0.2, 0) is 38.1 Å². The zero-order chi connectivity index (χ0) is 32.2. The van der Waals surface area contributed by atoms with E-state index in [1.54, 1.807) is 0 Å². The van der Waals surface area contributed by atoms with Gasteiger partial charge in [-0.15, -0.1) is 0 Å². The van der Waals surface area contributed by atoms with Crippen LogP contribution in [-0.4, -0.2) is 49.3 Å². The molecule has 8 heteroatoms. The summed E-state index contributed by atoms with van der Waals surface area (Å²) in [5, 5.41) is 0. The molecule has 0 spiro atoms. The predicted molar refractivity (Wildman–Crippen MR) is 168 cm³/mol. The summed E-state index contributed by atoms with van der Waals surface area (Å²) in [6.07, 6.45) is 13.2. The molecule has 2 unspecified atom stereocenters. The predicted octanol–water partition coefficient (Wildman–Crippen LogP) is 8.52. The summed E-state index contributed by atoms with van der Waals surface area (Å²) in [6.45, 7) is 17.0. The minimum absolute atomic E-state index is 0.0709. The van der Waals surface area contributed by atoms with Gasteiger partial charge in [-0.25, -0.2) is 0 Å². The highest BCUT2D eigenvalue weighted by Crippen LogP contribution is 2.15. The Balaban J connectivity index is 0. The van der Waals surface area contributed by atoms with Crippen LogP contribution in [0.1, 0.15) is 158 Å². The second kappa shape index (κ2) is 29.0. The third-order valence-corrected chi connectivity index (χ3v) is 6.80. The lowest BCUT2D eigenvalue weighted by atomic mass is 10.0. The summed E-state index contributed by atoms with van der Waals surface area (Å²) in [5.74, 6) is 0.276. The van der Waals surface area contributed by atoms with E-state index in [2.05, 4.69) is 27.7 Å². The zero-order valence-corrected chi connectivity index (χ0v) is 28.3. The highest BCUT2D eigenvalue weighted by Gasteiger charge is 2.12. The van der Waals surface area contributed by atoms with Gasteiger partial charge in [0, 0.05) is 25.7 Å². The van der Waals surface area contributed by atoms with Crippen molar-refractivity contribution in [3.05, 3.63) is 0 Å². The highest BCUT2D eigenvalue weighted by atomic mass is 16.5. The number of carbonyl (C=O) groups excluding carboxylic acids is 4. The Morgan fingerprint density at radius 1 is 0.476 bits per heavy atom. The molecule has 8 nitrogen and oxygen atoms in total. The Bertz CT molecular complexity index is 631. The van der Waals surface area contributed by atoms with E-state index in [0.29, 0.717) is 76.4 Å². The van der Waals surface area contributed by atoms with Crippen molar-refractivity contribution >= 4 is 23.9 Å². The number of hydrogen-bond acceptors (Lipinski definition) is 8. The summed E-state index contributed by atoms with van der Waals surface area (Å²) in [6, 6.07) is 0. The van der Waals surface area contributed by atoms with Gasteiger partial charge in [-0.2, -0.15) is 0 Å². The summed E-state index contributed by atoms with van der Waals surface area (Å²) in [5.41, 5.74) is 0. The molecular formula is C34H64O8. The molecule has 0 N–H and O–H groups in total. The van der Waals surface area contributed by atoms with Crippen LogP contribution >= 0.6 is 0 Å². The first-order chi connectivity index (χ1) is 20.0. The molecule has 0 aliphatic heterocycles. The van der Waals surface area contributed by atoms with Gasteiger partial charge in [-0.1, -0.05) is 66.2 Å². The molecule has 0 rings (SSSR count). The van der Waals surface area contributed by atoms with Gasteiger partial charge in [-0.3, -0.25) is 19.2 Å². The Morgan fingerprint density at radius 3 is 1.05 bits per heavy atom. The van der Waals surface area contributed by atoms with E-state index >= 15 is 0 Å². The summed E-state index contributed by atoms with van der Waals surface area (Å²) in [4.78, 5) is 45.9. The molecule has 0 heterocycles. The second-order valence-electron chi connectivity index (χ2n) is 11.7. The molecule has 0 radical (unpaired) electrons. The van der Waals surface area contributed by atoms with Gasteiger partial charge in [0.25, 0.3) is 0 Å². The van der Waals surface area contributed by atoms with E-state index < -0.39 is 0 Å². The van der Waals surface area contributed by atoms with Crippen molar-refractivity contribution in [1.29, 1.82) is 0 Å². The third-order valence-electron chi connectivity index (χ3n) is 6.80. The molecule has 0 aliphatic carbocycles. The van der Waals surface area contributed by atoms with Crippen LogP contribution in [0.2, 0.25) is 0 Å². The fourth-order valence-electron chi connectivity index (χ4n) is 4.08. The maximum atomic E-state index is 11.8. The van der Waals surface area contributed by atoms with Crippen molar-refractivity contribution in [2.75, 3.05) is 13.2 Å². The minimum Gasteiger partial charge on any atom is -0.465 e. The Labute approximate surface area is 257 Å². The van der Waals surface area contributed by atoms with Gasteiger partial charge >= 0.3 is 23.9 Å². The van der Waals surface area contributed by atoms with Crippen molar-refractivity contribution in [2.24, 2.45) is 11.8 Å². The SMILES string of the molecule is CC(C)OC(=O)CCCCC(=O)OC(C)C.CCCCC(CC)COC(=O)CCCCC(=O)OCC(CC)CCCC. The fraction of sp³-hybridized carbons (Fsp3) is 0.882. The third kappa shape index (κ3) is 29.4. The lowest BCUT2D eigenvalue weighted by molar-refractivity contribution is -0.149. The molecule has 0 saturated heterocycles. The van der Waals surface area contributed by atoms with Crippen molar-refractivity contribution in [2.45, 2.75) is 170 Å². The summed E-state index contributed by atoms with van der Waals surface area (Å²) < 4.78 is 20.7. The molecule has 0 aromatic rings. The molecule has 42 heavy (non-hydrogen) atoms. The Kier molecular flexibility index (Phi) is 29.0. The molecule has 0 amide bonds. The van der Waals surface area contributed by atoms with Gasteiger partial charge < -0.3 is 18.9 Å². The van der Waals surface area contributed by atoms with Gasteiger partial charge in [0.1, 0.15) is 0 Å².